The standard InChI is InChI=1S/C15H26N4/c1-3-4-11-18(2)15-16-10-9-14(17-15)19-12-7-5-6-8-13-19/h9-10H,3-8,11-13H2,1-2H3. The van der Waals surface area contributed by atoms with Gasteiger partial charge in [-0.25, -0.2) is 4.98 Å². The lowest BCUT2D eigenvalue weighted by Gasteiger charge is -2.23. The lowest BCUT2D eigenvalue weighted by atomic mass is 10.2. The number of hydrogen-bond donors (Lipinski definition) is 0. The summed E-state index contributed by atoms with van der Waals surface area (Å²) >= 11 is 0. The summed E-state index contributed by atoms with van der Waals surface area (Å²) in [4.78, 5) is 13.7. The minimum absolute atomic E-state index is 0.857. The van der Waals surface area contributed by atoms with Crippen LogP contribution in [-0.2, 0) is 0 Å². The molecule has 0 aromatic carbocycles. The van der Waals surface area contributed by atoms with Gasteiger partial charge in [-0.05, 0) is 25.3 Å². The van der Waals surface area contributed by atoms with Gasteiger partial charge in [-0.3, -0.25) is 0 Å². The number of anilines is 2. The maximum Gasteiger partial charge on any atom is 0.226 e. The van der Waals surface area contributed by atoms with Gasteiger partial charge in [0.2, 0.25) is 5.95 Å². The van der Waals surface area contributed by atoms with Gasteiger partial charge in [0, 0.05) is 32.9 Å². The minimum atomic E-state index is 0.857. The third-order valence-corrected chi connectivity index (χ3v) is 3.75. The Labute approximate surface area is 116 Å². The molecule has 0 radical (unpaired) electrons. The predicted octanol–water partition coefficient (Wildman–Crippen LogP) is 3.09. The molecule has 0 saturated carbocycles. The summed E-state index contributed by atoms with van der Waals surface area (Å²) in [6.07, 6.45) is 9.56. The molecular weight excluding hydrogens is 236 g/mol. The number of hydrogen-bond acceptors (Lipinski definition) is 4. The molecule has 0 spiro atoms. The van der Waals surface area contributed by atoms with Crippen molar-refractivity contribution >= 4 is 11.8 Å². The third-order valence-electron chi connectivity index (χ3n) is 3.75. The monoisotopic (exact) mass is 262 g/mol. The van der Waals surface area contributed by atoms with Crippen LogP contribution in [0.4, 0.5) is 11.8 Å². The van der Waals surface area contributed by atoms with Crippen LogP contribution in [0.5, 0.6) is 0 Å². The molecule has 1 saturated heterocycles. The topological polar surface area (TPSA) is 32.3 Å². The molecule has 0 N–H and O–H groups in total. The smallest absolute Gasteiger partial charge is 0.226 e. The zero-order valence-corrected chi connectivity index (χ0v) is 12.3. The lowest BCUT2D eigenvalue weighted by Crippen LogP contribution is -2.27. The molecule has 0 bridgehead atoms. The van der Waals surface area contributed by atoms with E-state index in [1.54, 1.807) is 0 Å². The van der Waals surface area contributed by atoms with Crippen molar-refractivity contribution < 1.29 is 0 Å². The Balaban J connectivity index is 2.04. The maximum absolute atomic E-state index is 4.73. The second-order valence-corrected chi connectivity index (χ2v) is 5.39. The molecule has 4 nitrogen and oxygen atoms in total. The number of nitrogens with zero attached hydrogens (tertiary/aromatic N) is 4. The van der Waals surface area contributed by atoms with E-state index < -0.39 is 0 Å². The molecule has 0 aliphatic carbocycles. The molecule has 2 heterocycles. The van der Waals surface area contributed by atoms with Crippen molar-refractivity contribution in [3.8, 4) is 0 Å². The van der Waals surface area contributed by atoms with Crippen LogP contribution >= 0.6 is 0 Å². The molecule has 1 aliphatic heterocycles. The van der Waals surface area contributed by atoms with Crippen molar-refractivity contribution in [2.45, 2.75) is 45.4 Å². The molecule has 4 heteroatoms. The van der Waals surface area contributed by atoms with Gasteiger partial charge >= 0.3 is 0 Å². The Morgan fingerprint density at radius 1 is 1.21 bits per heavy atom. The Morgan fingerprint density at radius 2 is 1.95 bits per heavy atom. The minimum Gasteiger partial charge on any atom is -0.356 e. The maximum atomic E-state index is 4.73. The third kappa shape index (κ3) is 4.08. The summed E-state index contributed by atoms with van der Waals surface area (Å²) in [5.74, 6) is 1.95. The summed E-state index contributed by atoms with van der Waals surface area (Å²) < 4.78 is 0. The molecule has 1 aromatic heterocycles. The van der Waals surface area contributed by atoms with E-state index in [1.165, 1.54) is 38.5 Å². The van der Waals surface area contributed by atoms with Crippen LogP contribution in [0.1, 0.15) is 45.4 Å². The van der Waals surface area contributed by atoms with E-state index >= 15 is 0 Å². The average molecular weight is 262 g/mol. The van der Waals surface area contributed by atoms with E-state index in [9.17, 15) is 0 Å². The molecule has 1 aromatic rings. The predicted molar refractivity (Wildman–Crippen MR) is 80.9 cm³/mol. The van der Waals surface area contributed by atoms with Crippen molar-refractivity contribution in [3.05, 3.63) is 12.3 Å². The van der Waals surface area contributed by atoms with Crippen molar-refractivity contribution in [1.82, 2.24) is 9.97 Å². The Morgan fingerprint density at radius 3 is 2.63 bits per heavy atom. The summed E-state index contributed by atoms with van der Waals surface area (Å²) in [5, 5.41) is 0. The van der Waals surface area contributed by atoms with Crippen LogP contribution in [0, 0.1) is 0 Å². The molecule has 0 amide bonds. The molecule has 19 heavy (non-hydrogen) atoms. The van der Waals surface area contributed by atoms with Crippen molar-refractivity contribution in [3.63, 3.8) is 0 Å². The molecule has 0 unspecified atom stereocenters. The van der Waals surface area contributed by atoms with Crippen molar-refractivity contribution in [1.29, 1.82) is 0 Å². The van der Waals surface area contributed by atoms with E-state index in [0.29, 0.717) is 0 Å². The van der Waals surface area contributed by atoms with E-state index in [2.05, 4.69) is 28.8 Å². The van der Waals surface area contributed by atoms with Crippen LogP contribution in [0.15, 0.2) is 12.3 Å². The Kier molecular flexibility index (Phi) is 5.43. The van der Waals surface area contributed by atoms with Gasteiger partial charge in [0.05, 0.1) is 0 Å². The zero-order valence-electron chi connectivity index (χ0n) is 12.3. The normalized spacial score (nSPS) is 16.2. The van der Waals surface area contributed by atoms with E-state index in [-0.39, 0.29) is 0 Å². The van der Waals surface area contributed by atoms with Gasteiger partial charge in [0.25, 0.3) is 0 Å². The van der Waals surface area contributed by atoms with E-state index in [1.807, 2.05) is 12.3 Å². The average Bonchev–Trinajstić information content (AvgIpc) is 2.74. The highest BCUT2D eigenvalue weighted by Crippen LogP contribution is 2.19. The second kappa shape index (κ2) is 7.31. The summed E-state index contributed by atoms with van der Waals surface area (Å²) in [5.41, 5.74) is 0. The summed E-state index contributed by atoms with van der Waals surface area (Å²) in [7, 11) is 2.08. The first-order chi connectivity index (χ1) is 9.31. The second-order valence-electron chi connectivity index (χ2n) is 5.39. The first kappa shape index (κ1) is 14.1. The quantitative estimate of drug-likeness (QED) is 0.816. The van der Waals surface area contributed by atoms with E-state index in [0.717, 1.165) is 31.4 Å². The van der Waals surface area contributed by atoms with Gasteiger partial charge in [0.15, 0.2) is 0 Å². The number of unbranched alkanes of at least 4 members (excludes halogenated alkanes) is 1. The van der Waals surface area contributed by atoms with Gasteiger partial charge in [-0.15, -0.1) is 0 Å². The summed E-state index contributed by atoms with van der Waals surface area (Å²) in [6.45, 7) is 5.51. The number of aromatic nitrogens is 2. The molecule has 1 fully saturated rings. The highest BCUT2D eigenvalue weighted by molar-refractivity contribution is 5.43. The fourth-order valence-corrected chi connectivity index (χ4v) is 2.49. The van der Waals surface area contributed by atoms with Crippen LogP contribution in [0.3, 0.4) is 0 Å². The Bertz CT molecular complexity index is 372. The molecule has 0 atom stereocenters. The van der Waals surface area contributed by atoms with Crippen LogP contribution in [0.25, 0.3) is 0 Å². The van der Waals surface area contributed by atoms with Crippen LogP contribution in [-0.4, -0.2) is 36.6 Å². The highest BCUT2D eigenvalue weighted by Gasteiger charge is 2.12. The fraction of sp³-hybridized carbons (Fsp3) is 0.733. The molecule has 106 valence electrons. The first-order valence-corrected chi connectivity index (χ1v) is 7.60. The molecule has 2 rings (SSSR count). The largest absolute Gasteiger partial charge is 0.356 e. The summed E-state index contributed by atoms with van der Waals surface area (Å²) in [6, 6.07) is 2.04. The van der Waals surface area contributed by atoms with Gasteiger partial charge in [-0.2, -0.15) is 4.98 Å². The first-order valence-electron chi connectivity index (χ1n) is 7.60. The van der Waals surface area contributed by atoms with Gasteiger partial charge in [-0.1, -0.05) is 26.2 Å². The van der Waals surface area contributed by atoms with Crippen LogP contribution in [0.2, 0.25) is 0 Å². The van der Waals surface area contributed by atoms with Crippen molar-refractivity contribution in [2.24, 2.45) is 0 Å². The molecular formula is C15H26N4. The number of rotatable bonds is 5. The highest BCUT2D eigenvalue weighted by atomic mass is 15.3. The zero-order chi connectivity index (χ0) is 13.5. The van der Waals surface area contributed by atoms with Gasteiger partial charge < -0.3 is 9.80 Å². The van der Waals surface area contributed by atoms with E-state index in [4.69, 9.17) is 4.98 Å². The van der Waals surface area contributed by atoms with Crippen molar-refractivity contribution in [2.75, 3.05) is 36.5 Å². The SMILES string of the molecule is CCCCN(C)c1nccc(N2CCCCCC2)n1. The van der Waals surface area contributed by atoms with Crippen LogP contribution < -0.4 is 9.80 Å². The fourth-order valence-electron chi connectivity index (χ4n) is 2.49. The lowest BCUT2D eigenvalue weighted by molar-refractivity contribution is 0.726. The Hall–Kier alpha value is -1.32. The molecule has 1 aliphatic rings. The van der Waals surface area contributed by atoms with Gasteiger partial charge in [0.1, 0.15) is 5.82 Å².